The number of benzene rings is 2. The van der Waals surface area contributed by atoms with Gasteiger partial charge in [-0.2, -0.15) is 0 Å². The van der Waals surface area contributed by atoms with E-state index in [1.165, 1.54) is 12.8 Å². The molecule has 31 heavy (non-hydrogen) atoms. The summed E-state index contributed by atoms with van der Waals surface area (Å²) in [5, 5.41) is 0. The van der Waals surface area contributed by atoms with Crippen LogP contribution in [-0.2, 0) is 27.2 Å². The minimum atomic E-state index is -0.628. The number of carbonyl (C=O) groups excluding carboxylic acids is 2. The van der Waals surface area contributed by atoms with Gasteiger partial charge in [0.2, 0.25) is 0 Å². The second-order valence-electron chi connectivity index (χ2n) is 8.16. The van der Waals surface area contributed by atoms with Crippen LogP contribution in [0.25, 0.3) is 0 Å². The first kappa shape index (κ1) is 21.5. The summed E-state index contributed by atoms with van der Waals surface area (Å²) >= 11 is 0. The molecule has 2 fully saturated rings. The van der Waals surface area contributed by atoms with Crippen molar-refractivity contribution < 1.29 is 23.8 Å². The highest BCUT2D eigenvalue weighted by molar-refractivity contribution is 5.97. The molecule has 0 N–H and O–H groups in total. The van der Waals surface area contributed by atoms with Crippen LogP contribution < -0.4 is 4.74 Å². The number of para-hydroxylation sites is 1. The molecule has 1 aliphatic carbocycles. The minimum Gasteiger partial charge on any atom is -0.490 e. The lowest BCUT2D eigenvalue weighted by Crippen LogP contribution is -2.35. The van der Waals surface area contributed by atoms with E-state index in [2.05, 4.69) is 4.90 Å². The molecule has 0 atom stereocenters. The molecular formula is C25H29NO5. The summed E-state index contributed by atoms with van der Waals surface area (Å²) in [5.41, 5.74) is 2.23. The van der Waals surface area contributed by atoms with Gasteiger partial charge < -0.3 is 14.2 Å². The van der Waals surface area contributed by atoms with Crippen LogP contribution in [0.2, 0.25) is 0 Å². The van der Waals surface area contributed by atoms with E-state index in [4.69, 9.17) is 14.2 Å². The molecule has 4 rings (SSSR count). The number of esters is 2. The predicted octanol–water partition coefficient (Wildman–Crippen LogP) is 3.77. The second kappa shape index (κ2) is 10.6. The Morgan fingerprint density at radius 2 is 1.68 bits per heavy atom. The molecule has 0 radical (unpaired) electrons. The molecule has 0 unspecified atom stereocenters. The summed E-state index contributed by atoms with van der Waals surface area (Å²) in [7, 11) is 0. The quantitative estimate of drug-likeness (QED) is 0.499. The fourth-order valence-corrected chi connectivity index (χ4v) is 4.07. The van der Waals surface area contributed by atoms with E-state index >= 15 is 0 Å². The number of nitrogens with zero attached hydrogens (tertiary/aromatic N) is 1. The summed E-state index contributed by atoms with van der Waals surface area (Å²) in [6.07, 6.45) is 4.64. The highest BCUT2D eigenvalue weighted by Gasteiger charge is 2.20. The Morgan fingerprint density at radius 3 is 2.42 bits per heavy atom. The molecule has 164 valence electrons. The predicted molar refractivity (Wildman–Crippen MR) is 116 cm³/mol. The van der Waals surface area contributed by atoms with Gasteiger partial charge in [0.1, 0.15) is 5.75 Å². The largest absolute Gasteiger partial charge is 0.490 e. The Kier molecular flexibility index (Phi) is 7.33. The van der Waals surface area contributed by atoms with Crippen LogP contribution >= 0.6 is 0 Å². The zero-order valence-electron chi connectivity index (χ0n) is 17.8. The van der Waals surface area contributed by atoms with E-state index in [1.54, 1.807) is 12.1 Å². The van der Waals surface area contributed by atoms with Crippen molar-refractivity contribution in [2.45, 2.75) is 44.8 Å². The van der Waals surface area contributed by atoms with Crippen molar-refractivity contribution in [1.82, 2.24) is 4.90 Å². The van der Waals surface area contributed by atoms with Crippen LogP contribution in [0, 0.1) is 0 Å². The fraction of sp³-hybridized carbons (Fsp3) is 0.440. The molecule has 1 heterocycles. The Hall–Kier alpha value is -2.70. The van der Waals surface area contributed by atoms with Gasteiger partial charge in [-0.25, -0.2) is 4.79 Å². The summed E-state index contributed by atoms with van der Waals surface area (Å²) in [6.45, 7) is 4.13. The molecule has 6 heteroatoms. The van der Waals surface area contributed by atoms with Crippen molar-refractivity contribution >= 4 is 11.9 Å². The topological polar surface area (TPSA) is 65.1 Å². The maximum atomic E-state index is 12.4. The van der Waals surface area contributed by atoms with Crippen LogP contribution in [0.3, 0.4) is 0 Å². The van der Waals surface area contributed by atoms with E-state index in [9.17, 15) is 9.59 Å². The molecule has 2 aromatic rings. The highest BCUT2D eigenvalue weighted by atomic mass is 16.6. The monoisotopic (exact) mass is 423 g/mol. The Balaban J connectivity index is 1.31. The first-order valence-electron chi connectivity index (χ1n) is 11.1. The molecule has 0 aromatic heterocycles. The van der Waals surface area contributed by atoms with Crippen molar-refractivity contribution in [2.75, 3.05) is 26.3 Å². The second-order valence-corrected chi connectivity index (χ2v) is 8.16. The van der Waals surface area contributed by atoms with Crippen molar-refractivity contribution in [3.05, 3.63) is 65.2 Å². The summed E-state index contributed by atoms with van der Waals surface area (Å²) in [6, 6.07) is 14.7. The van der Waals surface area contributed by atoms with E-state index in [0.29, 0.717) is 11.3 Å². The third kappa shape index (κ3) is 6.15. The average Bonchev–Trinajstić information content (AvgIpc) is 3.29. The number of hydrogen-bond donors (Lipinski definition) is 0. The highest BCUT2D eigenvalue weighted by Crippen LogP contribution is 2.27. The number of rotatable bonds is 7. The molecule has 6 nitrogen and oxygen atoms in total. The molecule has 0 amide bonds. The maximum absolute atomic E-state index is 12.4. The fourth-order valence-electron chi connectivity index (χ4n) is 4.07. The van der Waals surface area contributed by atoms with Crippen molar-refractivity contribution in [3.8, 4) is 5.75 Å². The molecule has 1 saturated carbocycles. The zero-order valence-corrected chi connectivity index (χ0v) is 17.8. The van der Waals surface area contributed by atoms with Gasteiger partial charge in [-0.15, -0.1) is 0 Å². The van der Waals surface area contributed by atoms with Gasteiger partial charge in [0, 0.05) is 25.2 Å². The van der Waals surface area contributed by atoms with E-state index in [-0.39, 0.29) is 12.5 Å². The van der Waals surface area contributed by atoms with E-state index < -0.39 is 11.9 Å². The Bertz CT molecular complexity index is 883. The molecule has 2 aromatic carbocycles. The number of hydrogen-bond acceptors (Lipinski definition) is 6. The number of morpholine rings is 1. The minimum absolute atomic E-state index is 0.00372. The third-order valence-electron chi connectivity index (χ3n) is 5.81. The van der Waals surface area contributed by atoms with Gasteiger partial charge >= 0.3 is 11.9 Å². The van der Waals surface area contributed by atoms with Gasteiger partial charge in [0.25, 0.3) is 0 Å². The van der Waals surface area contributed by atoms with Crippen LogP contribution in [-0.4, -0.2) is 49.2 Å². The lowest BCUT2D eigenvalue weighted by Gasteiger charge is -2.26. The van der Waals surface area contributed by atoms with Gasteiger partial charge in [0.05, 0.1) is 31.3 Å². The van der Waals surface area contributed by atoms with Gasteiger partial charge in [-0.1, -0.05) is 30.3 Å². The normalized spacial score (nSPS) is 17.4. The van der Waals surface area contributed by atoms with Crippen molar-refractivity contribution in [2.24, 2.45) is 0 Å². The number of carbonyl (C=O) groups is 2. The SMILES string of the molecule is O=C(Cc1ccccc1OC1CCCC1)OC(=O)c1ccc(CN2CCOCC2)cc1. The van der Waals surface area contributed by atoms with Crippen LogP contribution in [0.5, 0.6) is 5.75 Å². The Labute approximate surface area is 183 Å². The molecule has 1 saturated heterocycles. The summed E-state index contributed by atoms with van der Waals surface area (Å²) in [4.78, 5) is 27.1. The standard InChI is InChI=1S/C25H29NO5/c27-24(17-21-5-1-4-8-23(21)30-22-6-2-3-7-22)31-25(28)20-11-9-19(10-12-20)18-26-13-15-29-16-14-26/h1,4-5,8-12,22H,2-3,6-7,13-18H2. The summed E-state index contributed by atoms with van der Waals surface area (Å²) in [5.74, 6) is -0.506. The zero-order chi connectivity index (χ0) is 21.5. The number of ether oxygens (including phenoxy) is 3. The van der Waals surface area contributed by atoms with Crippen molar-refractivity contribution in [1.29, 1.82) is 0 Å². The van der Waals surface area contributed by atoms with Crippen molar-refractivity contribution in [3.63, 3.8) is 0 Å². The molecule has 0 bridgehead atoms. The molecular weight excluding hydrogens is 394 g/mol. The van der Waals surface area contributed by atoms with Crippen LogP contribution in [0.1, 0.15) is 47.2 Å². The van der Waals surface area contributed by atoms with E-state index in [1.807, 2.05) is 36.4 Å². The molecule has 2 aliphatic rings. The third-order valence-corrected chi connectivity index (χ3v) is 5.81. The molecule has 0 spiro atoms. The maximum Gasteiger partial charge on any atom is 0.345 e. The van der Waals surface area contributed by atoms with Crippen LogP contribution in [0.15, 0.2) is 48.5 Å². The Morgan fingerprint density at radius 1 is 0.968 bits per heavy atom. The lowest BCUT2D eigenvalue weighted by molar-refractivity contribution is -0.137. The average molecular weight is 424 g/mol. The van der Waals surface area contributed by atoms with Crippen LogP contribution in [0.4, 0.5) is 0 Å². The first-order valence-corrected chi connectivity index (χ1v) is 11.1. The van der Waals surface area contributed by atoms with Gasteiger partial charge in [-0.05, 0) is 49.4 Å². The van der Waals surface area contributed by atoms with Gasteiger partial charge in [0.15, 0.2) is 0 Å². The lowest BCUT2D eigenvalue weighted by atomic mass is 10.1. The van der Waals surface area contributed by atoms with Gasteiger partial charge in [-0.3, -0.25) is 9.69 Å². The molecule has 1 aliphatic heterocycles. The first-order chi connectivity index (χ1) is 15.2. The van der Waals surface area contributed by atoms with E-state index in [0.717, 1.165) is 56.8 Å². The smallest absolute Gasteiger partial charge is 0.345 e. The summed E-state index contributed by atoms with van der Waals surface area (Å²) < 4.78 is 16.5.